The van der Waals surface area contributed by atoms with Crippen molar-refractivity contribution in [2.24, 2.45) is 17.8 Å². The first kappa shape index (κ1) is 40.3. The van der Waals surface area contributed by atoms with Crippen LogP contribution in [0.3, 0.4) is 0 Å². The van der Waals surface area contributed by atoms with E-state index in [4.69, 9.17) is 23.7 Å². The number of aliphatic hydroxyl groups excluding tert-OH is 1. The molecule has 2 aliphatic heterocycles. The lowest BCUT2D eigenvalue weighted by molar-refractivity contribution is -0.170. The summed E-state index contributed by atoms with van der Waals surface area (Å²) in [6.45, 7) is 15.5. The van der Waals surface area contributed by atoms with Crippen LogP contribution in [0, 0.1) is 17.8 Å². The molecule has 0 saturated carbocycles. The fourth-order valence-corrected chi connectivity index (χ4v) is 5.80. The molecule has 0 amide bonds. The van der Waals surface area contributed by atoms with Crippen molar-refractivity contribution in [3.63, 3.8) is 0 Å². The van der Waals surface area contributed by atoms with Crippen molar-refractivity contribution in [2.75, 3.05) is 6.61 Å². The van der Waals surface area contributed by atoms with Gasteiger partial charge in [-0.15, -0.1) is 0 Å². The van der Waals surface area contributed by atoms with Crippen LogP contribution in [0.25, 0.3) is 0 Å². The average Bonchev–Trinajstić information content (AvgIpc) is 3.76. The SMILES string of the molecule is CCOC(C(C)=O)C(=O)OC1CCC(C)(O)C(OC(C)=O)C=CC(C)C(C(C)=CC=CC(C)CC2OC2C(C)C(O)CC)OC(=O)C1. The van der Waals surface area contributed by atoms with E-state index in [1.807, 2.05) is 45.9 Å². The van der Waals surface area contributed by atoms with Gasteiger partial charge >= 0.3 is 17.9 Å². The van der Waals surface area contributed by atoms with Crippen molar-refractivity contribution in [3.8, 4) is 0 Å². The minimum atomic E-state index is -1.56. The number of ketones is 1. The number of cyclic esters (lactones) is 1. The molecule has 2 rings (SSSR count). The summed E-state index contributed by atoms with van der Waals surface area (Å²) in [4.78, 5) is 50.1. The van der Waals surface area contributed by atoms with Crippen molar-refractivity contribution >= 4 is 23.7 Å². The van der Waals surface area contributed by atoms with Crippen LogP contribution < -0.4 is 0 Å². The van der Waals surface area contributed by atoms with Gasteiger partial charge in [0, 0.05) is 25.4 Å². The second-order valence-corrected chi connectivity index (χ2v) is 13.3. The van der Waals surface area contributed by atoms with Gasteiger partial charge in [0.25, 0.3) is 0 Å². The van der Waals surface area contributed by atoms with E-state index in [0.717, 1.165) is 12.0 Å². The third-order valence-electron chi connectivity index (χ3n) is 8.81. The lowest BCUT2D eigenvalue weighted by Gasteiger charge is -2.33. The molecule has 1 saturated heterocycles. The predicted octanol–water partition coefficient (Wildman–Crippen LogP) is 4.57. The van der Waals surface area contributed by atoms with Crippen LogP contribution in [0.5, 0.6) is 0 Å². The van der Waals surface area contributed by atoms with Crippen LogP contribution in [0.4, 0.5) is 0 Å². The van der Waals surface area contributed by atoms with E-state index in [0.29, 0.717) is 6.42 Å². The fraction of sp³-hybridized carbons (Fsp3) is 0.722. The first-order valence-electron chi connectivity index (χ1n) is 16.8. The number of epoxide rings is 1. The number of aliphatic hydroxyl groups is 2. The number of ether oxygens (including phenoxy) is 5. The summed E-state index contributed by atoms with van der Waals surface area (Å²) in [5, 5.41) is 21.5. The molecular weight excluding hydrogens is 608 g/mol. The van der Waals surface area contributed by atoms with Crippen molar-refractivity contribution in [1.29, 1.82) is 0 Å². The molecule has 0 spiro atoms. The van der Waals surface area contributed by atoms with Crippen LogP contribution >= 0.6 is 0 Å². The number of hydrogen-bond donors (Lipinski definition) is 2. The Morgan fingerprint density at radius 2 is 1.81 bits per heavy atom. The minimum Gasteiger partial charge on any atom is -0.459 e. The highest BCUT2D eigenvalue weighted by atomic mass is 16.6. The molecule has 11 nitrogen and oxygen atoms in total. The summed E-state index contributed by atoms with van der Waals surface area (Å²) >= 11 is 0. The molecular formula is C36H56O11. The van der Waals surface area contributed by atoms with Gasteiger partial charge in [0.05, 0.1) is 24.7 Å². The van der Waals surface area contributed by atoms with E-state index in [1.165, 1.54) is 20.8 Å². The quantitative estimate of drug-likeness (QED) is 0.0669. The number of carbonyl (C=O) groups is 4. The molecule has 0 radical (unpaired) electrons. The molecule has 0 aromatic carbocycles. The standard InChI is InChI=1S/C36H56O11/c1-10-28(39)24(6)33-29(46-33)19-21(3)13-12-14-22(4)32-23(5)15-16-30(44-26(8)38)36(9,42)18-17-27(20-31(40)47-32)45-35(41)34(25(7)37)43-11-2/h12-16,21,23-24,27-30,32-34,39,42H,10-11,17-20H2,1-9H3. The molecule has 0 bridgehead atoms. The van der Waals surface area contributed by atoms with E-state index in [9.17, 15) is 29.4 Å². The van der Waals surface area contributed by atoms with E-state index in [1.54, 1.807) is 19.1 Å². The van der Waals surface area contributed by atoms with Gasteiger partial charge in [-0.05, 0) is 70.9 Å². The van der Waals surface area contributed by atoms with E-state index in [2.05, 4.69) is 6.92 Å². The van der Waals surface area contributed by atoms with Gasteiger partial charge in [-0.2, -0.15) is 0 Å². The second-order valence-electron chi connectivity index (χ2n) is 13.3. The molecule has 11 heteroatoms. The molecule has 11 atom stereocenters. The van der Waals surface area contributed by atoms with Crippen molar-refractivity contribution in [1.82, 2.24) is 0 Å². The number of carbonyl (C=O) groups excluding carboxylic acids is 4. The van der Waals surface area contributed by atoms with Crippen LogP contribution in [0.2, 0.25) is 0 Å². The van der Waals surface area contributed by atoms with Gasteiger partial charge in [-0.25, -0.2) is 4.79 Å². The third-order valence-corrected chi connectivity index (χ3v) is 8.81. The molecule has 0 aliphatic carbocycles. The van der Waals surface area contributed by atoms with Gasteiger partial charge in [0.2, 0.25) is 6.10 Å². The van der Waals surface area contributed by atoms with Gasteiger partial charge < -0.3 is 33.9 Å². The zero-order chi connectivity index (χ0) is 35.5. The summed E-state index contributed by atoms with van der Waals surface area (Å²) < 4.78 is 28.1. The smallest absolute Gasteiger partial charge is 0.343 e. The Hall–Kier alpha value is -2.86. The molecule has 266 valence electrons. The van der Waals surface area contributed by atoms with Crippen LogP contribution in [-0.4, -0.2) is 88.8 Å². The fourth-order valence-electron chi connectivity index (χ4n) is 5.80. The van der Waals surface area contributed by atoms with E-state index >= 15 is 0 Å². The summed E-state index contributed by atoms with van der Waals surface area (Å²) in [5.41, 5.74) is -0.820. The van der Waals surface area contributed by atoms with Crippen molar-refractivity contribution in [2.45, 2.75) is 143 Å². The molecule has 2 heterocycles. The number of hydrogen-bond acceptors (Lipinski definition) is 11. The Balaban J connectivity index is 2.28. The summed E-state index contributed by atoms with van der Waals surface area (Å²) in [5.74, 6) is -2.77. The van der Waals surface area contributed by atoms with Gasteiger partial charge in [0.15, 0.2) is 5.78 Å². The highest BCUT2D eigenvalue weighted by Crippen LogP contribution is 2.36. The number of allylic oxidation sites excluding steroid dienone is 3. The Morgan fingerprint density at radius 1 is 1.13 bits per heavy atom. The first-order valence-corrected chi connectivity index (χ1v) is 16.8. The zero-order valence-corrected chi connectivity index (χ0v) is 29.5. The lowest BCUT2D eigenvalue weighted by Crippen LogP contribution is -2.43. The maximum atomic E-state index is 13.3. The summed E-state index contributed by atoms with van der Waals surface area (Å²) in [7, 11) is 0. The second kappa shape index (κ2) is 18.6. The third kappa shape index (κ3) is 12.9. The molecule has 0 aromatic heterocycles. The Bertz CT molecular complexity index is 1160. The monoisotopic (exact) mass is 664 g/mol. The molecule has 2 N–H and O–H groups in total. The van der Waals surface area contributed by atoms with Gasteiger partial charge in [0.1, 0.15) is 23.9 Å². The Kier molecular flexibility index (Phi) is 16.0. The van der Waals surface area contributed by atoms with Crippen LogP contribution in [-0.2, 0) is 42.9 Å². The van der Waals surface area contributed by atoms with Crippen molar-refractivity contribution < 1.29 is 53.1 Å². The highest BCUT2D eigenvalue weighted by Gasteiger charge is 2.45. The maximum Gasteiger partial charge on any atom is 0.343 e. The molecule has 2 aliphatic rings. The van der Waals surface area contributed by atoms with E-state index in [-0.39, 0.29) is 61.9 Å². The lowest BCUT2D eigenvalue weighted by atomic mass is 9.88. The van der Waals surface area contributed by atoms with Crippen molar-refractivity contribution in [3.05, 3.63) is 36.0 Å². The molecule has 1 fully saturated rings. The van der Waals surface area contributed by atoms with Gasteiger partial charge in [-0.3, -0.25) is 14.4 Å². The first-order chi connectivity index (χ1) is 22.0. The number of esters is 3. The van der Waals surface area contributed by atoms with Gasteiger partial charge in [-0.1, -0.05) is 52.0 Å². The number of rotatable bonds is 14. The number of Topliss-reactive ketones (excluding diaryl/α,β-unsaturated/α-hetero) is 1. The topological polar surface area (TPSA) is 158 Å². The maximum absolute atomic E-state index is 13.3. The largest absolute Gasteiger partial charge is 0.459 e. The van der Waals surface area contributed by atoms with E-state index < -0.39 is 53.7 Å². The minimum absolute atomic E-state index is 0.00431. The summed E-state index contributed by atoms with van der Waals surface area (Å²) in [6.07, 6.45) is 5.94. The van der Waals surface area contributed by atoms with Crippen LogP contribution in [0.15, 0.2) is 36.0 Å². The van der Waals surface area contributed by atoms with Crippen LogP contribution in [0.1, 0.15) is 94.4 Å². The predicted molar refractivity (Wildman–Crippen MR) is 175 cm³/mol. The highest BCUT2D eigenvalue weighted by molar-refractivity contribution is 6.00. The normalized spacial score (nSPS) is 31.5. The molecule has 11 unspecified atom stereocenters. The Labute approximate surface area is 279 Å². The summed E-state index contributed by atoms with van der Waals surface area (Å²) in [6, 6.07) is 0. The Morgan fingerprint density at radius 3 is 2.40 bits per heavy atom. The average molecular weight is 665 g/mol. The zero-order valence-electron chi connectivity index (χ0n) is 29.5. The molecule has 0 aromatic rings. The molecule has 47 heavy (non-hydrogen) atoms.